The molecule has 4 nitrogen and oxygen atoms in total. The minimum Gasteiger partial charge on any atom is -0.341 e. The van der Waals surface area contributed by atoms with Gasteiger partial charge in [-0.05, 0) is 30.2 Å². The number of imidazole rings is 1. The van der Waals surface area contributed by atoms with Gasteiger partial charge in [-0.25, -0.2) is 4.98 Å². The van der Waals surface area contributed by atoms with Gasteiger partial charge in [0.05, 0.1) is 5.75 Å². The van der Waals surface area contributed by atoms with E-state index in [1.165, 1.54) is 17.3 Å². The number of carbonyl (C=O) groups is 1. The van der Waals surface area contributed by atoms with Crippen molar-refractivity contribution in [1.82, 2.24) is 14.5 Å². The lowest BCUT2D eigenvalue weighted by Gasteiger charge is -2.17. The predicted molar refractivity (Wildman–Crippen MR) is 102 cm³/mol. The van der Waals surface area contributed by atoms with Crippen molar-refractivity contribution in [2.24, 2.45) is 0 Å². The molecule has 5 heteroatoms. The van der Waals surface area contributed by atoms with Crippen LogP contribution in [0.5, 0.6) is 0 Å². The molecule has 0 spiro atoms. The van der Waals surface area contributed by atoms with E-state index in [1.54, 1.807) is 11.1 Å². The zero-order valence-corrected chi connectivity index (χ0v) is 15.2. The topological polar surface area (TPSA) is 38.1 Å². The predicted octanol–water partition coefficient (Wildman–Crippen LogP) is 3.93. The van der Waals surface area contributed by atoms with Gasteiger partial charge in [0.25, 0.3) is 0 Å². The van der Waals surface area contributed by atoms with E-state index in [9.17, 15) is 4.79 Å². The number of thioether (sulfide) groups is 1. The zero-order chi connectivity index (χ0) is 17.6. The van der Waals surface area contributed by atoms with Gasteiger partial charge in [0.15, 0.2) is 5.16 Å². The van der Waals surface area contributed by atoms with Crippen molar-refractivity contribution in [3.63, 3.8) is 0 Å². The van der Waals surface area contributed by atoms with Gasteiger partial charge >= 0.3 is 0 Å². The molecule has 1 aromatic heterocycles. The van der Waals surface area contributed by atoms with Gasteiger partial charge in [0.1, 0.15) is 0 Å². The molecule has 1 amide bonds. The summed E-state index contributed by atoms with van der Waals surface area (Å²) in [5, 5.41) is 0.826. The summed E-state index contributed by atoms with van der Waals surface area (Å²) in [4.78, 5) is 18.6. The molecule has 1 heterocycles. The number of nitrogens with zero attached hydrogens (tertiary/aromatic N) is 3. The third-order valence-corrected chi connectivity index (χ3v) is 4.85. The van der Waals surface area contributed by atoms with E-state index in [2.05, 4.69) is 24.0 Å². The Bertz CT molecular complexity index is 845. The molecule has 3 rings (SSSR count). The Kier molecular flexibility index (Phi) is 5.56. The second kappa shape index (κ2) is 8.03. The van der Waals surface area contributed by atoms with Gasteiger partial charge in [0.2, 0.25) is 5.91 Å². The van der Waals surface area contributed by atoms with E-state index in [0.717, 1.165) is 16.4 Å². The van der Waals surface area contributed by atoms with Crippen molar-refractivity contribution < 1.29 is 4.79 Å². The lowest BCUT2D eigenvalue weighted by molar-refractivity contribution is -0.127. The van der Waals surface area contributed by atoms with Crippen LogP contribution in [-0.4, -0.2) is 33.2 Å². The zero-order valence-electron chi connectivity index (χ0n) is 14.4. The van der Waals surface area contributed by atoms with E-state index in [4.69, 9.17) is 0 Å². The van der Waals surface area contributed by atoms with Gasteiger partial charge in [-0.1, -0.05) is 54.2 Å². The van der Waals surface area contributed by atoms with Crippen LogP contribution in [0.25, 0.3) is 5.69 Å². The normalized spacial score (nSPS) is 10.6. The third kappa shape index (κ3) is 4.51. The number of benzene rings is 2. The third-order valence-electron chi connectivity index (χ3n) is 3.90. The smallest absolute Gasteiger partial charge is 0.233 e. The second-order valence-corrected chi connectivity index (χ2v) is 6.89. The maximum Gasteiger partial charge on any atom is 0.233 e. The Morgan fingerprint density at radius 2 is 1.96 bits per heavy atom. The van der Waals surface area contributed by atoms with Crippen LogP contribution in [0.2, 0.25) is 0 Å². The fourth-order valence-electron chi connectivity index (χ4n) is 2.55. The van der Waals surface area contributed by atoms with Gasteiger partial charge < -0.3 is 4.90 Å². The summed E-state index contributed by atoms with van der Waals surface area (Å²) >= 11 is 1.46. The SMILES string of the molecule is Cc1cccc(-n2ccnc2SCC(=O)N(C)Cc2ccccc2)c1. The van der Waals surface area contributed by atoms with Crippen LogP contribution in [0.3, 0.4) is 0 Å². The molecule has 0 bridgehead atoms. The van der Waals surface area contributed by atoms with Gasteiger partial charge in [-0.3, -0.25) is 9.36 Å². The molecule has 0 unspecified atom stereocenters. The number of rotatable bonds is 6. The molecular formula is C20H21N3OS. The highest BCUT2D eigenvalue weighted by Gasteiger charge is 2.13. The number of aromatic nitrogens is 2. The molecule has 0 aliphatic heterocycles. The van der Waals surface area contributed by atoms with Gasteiger partial charge in [-0.15, -0.1) is 0 Å². The second-order valence-electron chi connectivity index (χ2n) is 5.94. The number of carbonyl (C=O) groups excluding carboxylic acids is 1. The van der Waals surface area contributed by atoms with Crippen molar-refractivity contribution in [1.29, 1.82) is 0 Å². The van der Waals surface area contributed by atoms with Crippen molar-refractivity contribution in [2.45, 2.75) is 18.6 Å². The fourth-order valence-corrected chi connectivity index (χ4v) is 3.47. The molecule has 0 radical (unpaired) electrons. The van der Waals surface area contributed by atoms with E-state index >= 15 is 0 Å². The van der Waals surface area contributed by atoms with Gasteiger partial charge in [-0.2, -0.15) is 0 Å². The molecule has 0 atom stereocenters. The largest absolute Gasteiger partial charge is 0.341 e. The summed E-state index contributed by atoms with van der Waals surface area (Å²) < 4.78 is 2.02. The lowest BCUT2D eigenvalue weighted by atomic mass is 10.2. The maximum atomic E-state index is 12.4. The van der Waals surface area contributed by atoms with E-state index in [1.807, 2.05) is 60.3 Å². The molecule has 25 heavy (non-hydrogen) atoms. The number of hydrogen-bond acceptors (Lipinski definition) is 3. The maximum absolute atomic E-state index is 12.4. The lowest BCUT2D eigenvalue weighted by Crippen LogP contribution is -2.27. The molecule has 2 aromatic carbocycles. The molecule has 0 saturated carbocycles. The first-order valence-corrected chi connectivity index (χ1v) is 9.13. The standard InChI is InChI=1S/C20H21N3OS/c1-16-7-6-10-18(13-16)23-12-11-21-20(23)25-15-19(24)22(2)14-17-8-4-3-5-9-17/h3-13H,14-15H2,1-2H3. The Morgan fingerprint density at radius 1 is 1.16 bits per heavy atom. The molecular weight excluding hydrogens is 330 g/mol. The Morgan fingerprint density at radius 3 is 2.72 bits per heavy atom. The quantitative estimate of drug-likeness (QED) is 0.632. The minimum absolute atomic E-state index is 0.0904. The van der Waals surface area contributed by atoms with Crippen LogP contribution in [0.15, 0.2) is 72.1 Å². The minimum atomic E-state index is 0.0904. The summed E-state index contributed by atoms with van der Waals surface area (Å²) in [6, 6.07) is 18.3. The highest BCUT2D eigenvalue weighted by molar-refractivity contribution is 7.99. The van der Waals surface area contributed by atoms with Crippen LogP contribution < -0.4 is 0 Å². The van der Waals surface area contributed by atoms with Crippen LogP contribution in [0.4, 0.5) is 0 Å². The van der Waals surface area contributed by atoms with Crippen molar-refractivity contribution in [3.05, 3.63) is 78.1 Å². The number of aryl methyl sites for hydroxylation is 1. The van der Waals surface area contributed by atoms with E-state index in [-0.39, 0.29) is 5.91 Å². The Balaban J connectivity index is 1.62. The average Bonchev–Trinajstić information content (AvgIpc) is 3.09. The average molecular weight is 351 g/mol. The van der Waals surface area contributed by atoms with Crippen LogP contribution in [-0.2, 0) is 11.3 Å². The van der Waals surface area contributed by atoms with Crippen molar-refractivity contribution >= 4 is 17.7 Å². The molecule has 0 saturated heterocycles. The first kappa shape index (κ1) is 17.3. The fraction of sp³-hybridized carbons (Fsp3) is 0.200. The van der Waals surface area contributed by atoms with Crippen molar-refractivity contribution in [2.75, 3.05) is 12.8 Å². The van der Waals surface area contributed by atoms with Crippen LogP contribution >= 0.6 is 11.8 Å². The molecule has 0 aliphatic carbocycles. The molecule has 0 fully saturated rings. The highest BCUT2D eigenvalue weighted by Crippen LogP contribution is 2.21. The molecule has 0 N–H and O–H groups in total. The first-order valence-electron chi connectivity index (χ1n) is 8.14. The summed E-state index contributed by atoms with van der Waals surface area (Å²) in [7, 11) is 1.84. The monoisotopic (exact) mass is 351 g/mol. The molecule has 3 aromatic rings. The summed E-state index contributed by atoms with van der Waals surface area (Å²) in [6.45, 7) is 2.68. The molecule has 128 valence electrons. The first-order chi connectivity index (χ1) is 12.1. The summed E-state index contributed by atoms with van der Waals surface area (Å²) in [5.74, 6) is 0.458. The van der Waals surface area contributed by atoms with Crippen LogP contribution in [0, 0.1) is 6.92 Å². The number of amides is 1. The van der Waals surface area contributed by atoms with Crippen molar-refractivity contribution in [3.8, 4) is 5.69 Å². The summed E-state index contributed by atoms with van der Waals surface area (Å²) in [5.41, 5.74) is 3.38. The number of hydrogen-bond donors (Lipinski definition) is 0. The highest BCUT2D eigenvalue weighted by atomic mass is 32.2. The van der Waals surface area contributed by atoms with E-state index in [0.29, 0.717) is 12.3 Å². The van der Waals surface area contributed by atoms with Gasteiger partial charge in [0, 0.05) is 31.7 Å². The van der Waals surface area contributed by atoms with Crippen LogP contribution in [0.1, 0.15) is 11.1 Å². The molecule has 0 aliphatic rings. The Hall–Kier alpha value is -2.53. The summed E-state index contributed by atoms with van der Waals surface area (Å²) in [6.07, 6.45) is 3.69. The van der Waals surface area contributed by atoms with E-state index < -0.39 is 0 Å². The Labute approximate surface area is 152 Å².